The highest BCUT2D eigenvalue weighted by molar-refractivity contribution is 9.10. The van der Waals surface area contributed by atoms with E-state index in [4.69, 9.17) is 4.42 Å². The number of benzene rings is 1. The number of nitrogens with zero attached hydrogens (tertiary/aromatic N) is 1. The maximum atomic E-state index is 12.3. The first kappa shape index (κ1) is 11.0. The monoisotopic (exact) mass is 306 g/mol. The fourth-order valence-corrected chi connectivity index (χ4v) is 2.35. The molecule has 0 fully saturated rings. The maximum Gasteiger partial charge on any atom is 0.335 e. The third-order valence-corrected chi connectivity index (χ3v) is 3.26. The van der Waals surface area contributed by atoms with E-state index in [0.717, 1.165) is 4.57 Å². The Morgan fingerprint density at radius 1 is 1.17 bits per heavy atom. The molecule has 0 aliphatic carbocycles. The molecule has 0 unspecified atom stereocenters. The van der Waals surface area contributed by atoms with Crippen LogP contribution in [0.5, 0.6) is 0 Å². The molecule has 3 rings (SSSR count). The highest BCUT2D eigenvalue weighted by atomic mass is 79.9. The van der Waals surface area contributed by atoms with Gasteiger partial charge in [0.05, 0.1) is 17.2 Å². The molecule has 0 aliphatic heterocycles. The lowest BCUT2D eigenvalue weighted by atomic mass is 10.2. The fourth-order valence-electron chi connectivity index (χ4n) is 1.82. The van der Waals surface area contributed by atoms with Crippen molar-refractivity contribution in [1.82, 2.24) is 9.55 Å². The van der Waals surface area contributed by atoms with Crippen LogP contribution >= 0.6 is 15.9 Å². The van der Waals surface area contributed by atoms with Crippen LogP contribution in [0.2, 0.25) is 0 Å². The fraction of sp³-hybridized carbons (Fsp3) is 0. The molecule has 0 atom stereocenters. The van der Waals surface area contributed by atoms with Gasteiger partial charge >= 0.3 is 5.69 Å². The Morgan fingerprint density at radius 3 is 2.72 bits per heavy atom. The average molecular weight is 307 g/mol. The summed E-state index contributed by atoms with van der Waals surface area (Å²) < 4.78 is 6.69. The molecule has 0 spiro atoms. The van der Waals surface area contributed by atoms with Crippen LogP contribution in [0.3, 0.4) is 0 Å². The minimum absolute atomic E-state index is 0.193. The zero-order valence-electron chi connectivity index (χ0n) is 9.01. The molecule has 0 saturated carbocycles. The number of hydrogen-bond donors (Lipinski definition) is 1. The number of furan rings is 1. The average Bonchev–Trinajstić information content (AvgIpc) is 2.82. The first-order valence-electron chi connectivity index (χ1n) is 5.16. The Bertz CT molecular complexity index is 831. The van der Waals surface area contributed by atoms with Crippen LogP contribution in [0.25, 0.3) is 16.8 Å². The largest absolute Gasteiger partial charge is 0.448 e. The Kier molecular flexibility index (Phi) is 2.45. The highest BCUT2D eigenvalue weighted by Crippen LogP contribution is 2.18. The van der Waals surface area contributed by atoms with E-state index >= 15 is 0 Å². The highest BCUT2D eigenvalue weighted by Gasteiger charge is 2.12. The molecular weight excluding hydrogens is 300 g/mol. The summed E-state index contributed by atoms with van der Waals surface area (Å²) in [5.74, 6) is 0.193. The number of rotatable bonds is 1. The summed E-state index contributed by atoms with van der Waals surface area (Å²) >= 11 is 3.30. The van der Waals surface area contributed by atoms with Crippen LogP contribution in [0.1, 0.15) is 0 Å². The number of nitrogens with one attached hydrogen (secondary N) is 1. The normalized spacial score (nSPS) is 10.9. The minimum Gasteiger partial charge on any atom is -0.448 e. The van der Waals surface area contributed by atoms with Crippen LogP contribution in [0.15, 0.2) is 55.1 Å². The first-order chi connectivity index (χ1) is 8.68. The summed E-state index contributed by atoms with van der Waals surface area (Å²) in [5.41, 5.74) is -0.459. The molecule has 1 aromatic carbocycles. The molecule has 0 bridgehead atoms. The van der Waals surface area contributed by atoms with E-state index in [-0.39, 0.29) is 5.88 Å². The van der Waals surface area contributed by atoms with Crippen molar-refractivity contribution < 1.29 is 4.42 Å². The molecule has 6 heteroatoms. The summed E-state index contributed by atoms with van der Waals surface area (Å²) in [6.07, 6.45) is 1.41. The quantitative estimate of drug-likeness (QED) is 0.748. The van der Waals surface area contributed by atoms with Gasteiger partial charge in [0, 0.05) is 10.5 Å². The number of H-pyrrole nitrogens is 1. The number of fused-ring (bicyclic) bond motifs is 1. The molecule has 0 aliphatic rings. The second kappa shape index (κ2) is 3.99. The Morgan fingerprint density at radius 2 is 2.00 bits per heavy atom. The second-order valence-electron chi connectivity index (χ2n) is 3.68. The van der Waals surface area contributed by atoms with Crippen LogP contribution < -0.4 is 11.2 Å². The summed E-state index contributed by atoms with van der Waals surface area (Å²) in [5, 5.41) is 0.411. The van der Waals surface area contributed by atoms with Gasteiger partial charge in [0.15, 0.2) is 0 Å². The molecule has 5 nitrogen and oxygen atoms in total. The van der Waals surface area contributed by atoms with Gasteiger partial charge in [-0.25, -0.2) is 4.79 Å². The van der Waals surface area contributed by atoms with E-state index in [9.17, 15) is 9.59 Å². The van der Waals surface area contributed by atoms with E-state index in [0.29, 0.717) is 15.4 Å². The lowest BCUT2D eigenvalue weighted by molar-refractivity contribution is 0.528. The third kappa shape index (κ3) is 1.53. The van der Waals surface area contributed by atoms with E-state index in [1.807, 2.05) is 0 Å². The first-order valence-corrected chi connectivity index (χ1v) is 5.95. The standard InChI is InChI=1S/C12H7BrN2O3/c13-7-3-1-4-8-10(7)11(16)15(12(17)14-8)9-5-2-6-18-9/h1-6H,(H,14,17). The lowest BCUT2D eigenvalue weighted by Gasteiger charge is -2.04. The van der Waals surface area contributed by atoms with Gasteiger partial charge < -0.3 is 9.40 Å². The predicted molar refractivity (Wildman–Crippen MR) is 70.1 cm³/mol. The van der Waals surface area contributed by atoms with Crippen molar-refractivity contribution in [3.63, 3.8) is 0 Å². The van der Waals surface area contributed by atoms with Crippen molar-refractivity contribution in [2.24, 2.45) is 0 Å². The second-order valence-corrected chi connectivity index (χ2v) is 4.54. The summed E-state index contributed by atoms with van der Waals surface area (Å²) in [6.45, 7) is 0. The molecule has 1 N–H and O–H groups in total. The van der Waals surface area contributed by atoms with E-state index in [2.05, 4.69) is 20.9 Å². The Hall–Kier alpha value is -2.08. The number of halogens is 1. The Balaban J connectivity index is 2.52. The van der Waals surface area contributed by atoms with Gasteiger partial charge in [0.2, 0.25) is 5.88 Å². The van der Waals surface area contributed by atoms with E-state index in [1.54, 1.807) is 30.3 Å². The van der Waals surface area contributed by atoms with Gasteiger partial charge in [0.25, 0.3) is 5.56 Å². The van der Waals surface area contributed by atoms with Crippen LogP contribution in [0.4, 0.5) is 0 Å². The SMILES string of the molecule is O=c1[nH]c2cccc(Br)c2c(=O)n1-c1ccco1. The third-order valence-electron chi connectivity index (χ3n) is 2.60. The molecule has 2 heterocycles. The Labute approximate surface area is 109 Å². The van der Waals surface area contributed by atoms with Crippen LogP contribution in [-0.4, -0.2) is 9.55 Å². The van der Waals surface area contributed by atoms with Crippen molar-refractivity contribution in [3.05, 3.63) is 61.9 Å². The molecule has 18 heavy (non-hydrogen) atoms. The van der Waals surface area contributed by atoms with Crippen LogP contribution in [-0.2, 0) is 0 Å². The van der Waals surface area contributed by atoms with Crippen molar-refractivity contribution in [2.75, 3.05) is 0 Å². The van der Waals surface area contributed by atoms with Gasteiger partial charge in [-0.2, -0.15) is 4.57 Å². The topological polar surface area (TPSA) is 68.0 Å². The van der Waals surface area contributed by atoms with E-state index in [1.165, 1.54) is 6.26 Å². The van der Waals surface area contributed by atoms with Gasteiger partial charge in [-0.3, -0.25) is 4.79 Å². The van der Waals surface area contributed by atoms with Crippen molar-refractivity contribution in [2.45, 2.75) is 0 Å². The van der Waals surface area contributed by atoms with Gasteiger partial charge in [0.1, 0.15) is 0 Å². The molecule has 2 aromatic heterocycles. The minimum atomic E-state index is -0.527. The number of hydrogen-bond acceptors (Lipinski definition) is 3. The molecule has 0 radical (unpaired) electrons. The number of aromatic nitrogens is 2. The molecule has 3 aromatic rings. The predicted octanol–water partition coefficient (Wildman–Crippen LogP) is 2.03. The smallest absolute Gasteiger partial charge is 0.335 e. The summed E-state index contributed by atoms with van der Waals surface area (Å²) in [4.78, 5) is 26.9. The van der Waals surface area contributed by atoms with Crippen molar-refractivity contribution >= 4 is 26.8 Å². The summed E-state index contributed by atoms with van der Waals surface area (Å²) in [6, 6.07) is 8.34. The zero-order chi connectivity index (χ0) is 12.7. The zero-order valence-corrected chi connectivity index (χ0v) is 10.6. The summed E-state index contributed by atoms with van der Waals surface area (Å²) in [7, 11) is 0. The van der Waals surface area contributed by atoms with Gasteiger partial charge in [-0.15, -0.1) is 0 Å². The van der Waals surface area contributed by atoms with E-state index < -0.39 is 11.2 Å². The van der Waals surface area contributed by atoms with Gasteiger partial charge in [-0.05, 0) is 34.1 Å². The molecule has 0 saturated heterocycles. The van der Waals surface area contributed by atoms with Gasteiger partial charge in [-0.1, -0.05) is 6.07 Å². The maximum absolute atomic E-state index is 12.3. The van der Waals surface area contributed by atoms with Crippen molar-refractivity contribution in [3.8, 4) is 5.88 Å². The molecule has 90 valence electrons. The molecular formula is C12H7BrN2O3. The lowest BCUT2D eigenvalue weighted by Crippen LogP contribution is -2.33. The van der Waals surface area contributed by atoms with Crippen molar-refractivity contribution in [1.29, 1.82) is 0 Å². The molecule has 0 amide bonds. The van der Waals surface area contributed by atoms with Crippen LogP contribution in [0, 0.1) is 0 Å². The number of aromatic amines is 1.